The zero-order valence-corrected chi connectivity index (χ0v) is 21.7. The van der Waals surface area contributed by atoms with Crippen molar-refractivity contribution in [3.05, 3.63) is 77.4 Å². The second-order valence-electron chi connectivity index (χ2n) is 9.83. The number of benzene rings is 1. The number of carbonyl (C=O) groups excluding carboxylic acids is 1. The molecule has 2 rings (SSSR count). The summed E-state index contributed by atoms with van der Waals surface area (Å²) >= 11 is 0. The lowest BCUT2D eigenvalue weighted by atomic mass is 9.90. The molecule has 0 spiro atoms. The van der Waals surface area contributed by atoms with Gasteiger partial charge in [-0.15, -0.1) is 0 Å². The maximum atomic E-state index is 12.8. The van der Waals surface area contributed by atoms with Crippen molar-refractivity contribution >= 4 is 14.1 Å². The van der Waals surface area contributed by atoms with Crippen molar-refractivity contribution in [1.29, 1.82) is 0 Å². The van der Waals surface area contributed by atoms with E-state index in [4.69, 9.17) is 9.16 Å². The van der Waals surface area contributed by atoms with E-state index in [-0.39, 0.29) is 5.78 Å². The van der Waals surface area contributed by atoms with Crippen LogP contribution >= 0.6 is 0 Å². The van der Waals surface area contributed by atoms with Gasteiger partial charge in [0, 0.05) is 5.57 Å². The van der Waals surface area contributed by atoms with Crippen molar-refractivity contribution in [3.63, 3.8) is 0 Å². The van der Waals surface area contributed by atoms with Crippen molar-refractivity contribution in [2.75, 3.05) is 6.61 Å². The van der Waals surface area contributed by atoms with E-state index >= 15 is 0 Å². The summed E-state index contributed by atoms with van der Waals surface area (Å²) in [6, 6.07) is 9.89. The van der Waals surface area contributed by atoms with E-state index < -0.39 is 13.9 Å². The van der Waals surface area contributed by atoms with Crippen LogP contribution in [-0.2, 0) is 9.22 Å². The molecule has 0 aliphatic heterocycles. The summed E-state index contributed by atoms with van der Waals surface area (Å²) in [5.74, 6) is 0.961. The van der Waals surface area contributed by atoms with Crippen molar-refractivity contribution in [3.8, 4) is 5.75 Å². The molecule has 0 radical (unpaired) electrons. The van der Waals surface area contributed by atoms with Gasteiger partial charge in [-0.2, -0.15) is 0 Å². The molecule has 0 bridgehead atoms. The Hall–Kier alpha value is -2.17. The van der Waals surface area contributed by atoms with E-state index in [0.29, 0.717) is 6.61 Å². The maximum Gasteiger partial charge on any atom is 0.185 e. The summed E-state index contributed by atoms with van der Waals surface area (Å²) in [5.41, 5.74) is 2.76. The number of unbranched alkanes of at least 4 members (excludes halogenated alkanes) is 1. The van der Waals surface area contributed by atoms with Crippen molar-refractivity contribution in [2.24, 2.45) is 0 Å². The van der Waals surface area contributed by atoms with Gasteiger partial charge in [0.2, 0.25) is 0 Å². The molecule has 1 aliphatic rings. The van der Waals surface area contributed by atoms with E-state index in [1.807, 2.05) is 42.5 Å². The van der Waals surface area contributed by atoms with Crippen LogP contribution in [0.3, 0.4) is 0 Å². The first-order valence-electron chi connectivity index (χ1n) is 11.7. The van der Waals surface area contributed by atoms with Crippen LogP contribution in [0.4, 0.5) is 0 Å². The summed E-state index contributed by atoms with van der Waals surface area (Å²) in [6.45, 7) is 13.6. The number of carbonyl (C=O) groups is 1. The molecule has 1 aromatic rings. The average molecular weight is 453 g/mol. The Kier molecular flexibility index (Phi) is 9.92. The molecular formula is C28H40O3Si. The number of rotatable bonds is 12. The van der Waals surface area contributed by atoms with Gasteiger partial charge in [0.15, 0.2) is 14.1 Å². The first-order valence-corrected chi connectivity index (χ1v) is 15.1. The van der Waals surface area contributed by atoms with Crippen LogP contribution in [0.2, 0.25) is 19.6 Å². The molecule has 0 saturated carbocycles. The molecule has 0 aromatic heterocycles. The first-order chi connectivity index (χ1) is 15.1. The molecule has 0 saturated heterocycles. The molecule has 4 heteroatoms. The summed E-state index contributed by atoms with van der Waals surface area (Å²) < 4.78 is 12.5. The zero-order valence-electron chi connectivity index (χ0n) is 20.7. The molecule has 174 valence electrons. The van der Waals surface area contributed by atoms with Crippen molar-refractivity contribution in [2.45, 2.75) is 78.1 Å². The summed E-state index contributed by atoms with van der Waals surface area (Å²) in [4.78, 5) is 12.8. The van der Waals surface area contributed by atoms with Gasteiger partial charge >= 0.3 is 0 Å². The lowest BCUT2D eigenvalue weighted by molar-refractivity contribution is -0.111. The molecule has 1 aliphatic carbocycles. The van der Waals surface area contributed by atoms with Gasteiger partial charge in [0.1, 0.15) is 11.4 Å². The molecule has 1 atom stereocenters. The van der Waals surface area contributed by atoms with Gasteiger partial charge in [0.05, 0.1) is 6.61 Å². The predicted molar refractivity (Wildman–Crippen MR) is 138 cm³/mol. The number of ketones is 1. The van der Waals surface area contributed by atoms with E-state index in [0.717, 1.165) is 43.4 Å². The smallest absolute Gasteiger partial charge is 0.185 e. The Labute approximate surface area is 196 Å². The van der Waals surface area contributed by atoms with Crippen LogP contribution in [0.15, 0.2) is 77.4 Å². The van der Waals surface area contributed by atoms with Crippen LogP contribution in [0.25, 0.3) is 0 Å². The number of allylic oxidation sites excluding steroid dienone is 6. The molecular weight excluding hydrogens is 412 g/mol. The highest BCUT2D eigenvalue weighted by Gasteiger charge is 2.42. The highest BCUT2D eigenvalue weighted by Crippen LogP contribution is 2.38. The van der Waals surface area contributed by atoms with Crippen LogP contribution in [0.1, 0.15) is 52.9 Å². The minimum atomic E-state index is -1.88. The molecule has 1 aromatic carbocycles. The van der Waals surface area contributed by atoms with E-state index in [9.17, 15) is 4.79 Å². The third-order valence-electron chi connectivity index (χ3n) is 5.29. The fourth-order valence-electron chi connectivity index (χ4n) is 3.82. The molecule has 0 heterocycles. The lowest BCUT2D eigenvalue weighted by Gasteiger charge is -2.36. The van der Waals surface area contributed by atoms with Gasteiger partial charge in [-0.3, -0.25) is 4.79 Å². The molecule has 1 unspecified atom stereocenters. The average Bonchev–Trinajstić information content (AvgIpc) is 3.00. The van der Waals surface area contributed by atoms with E-state index in [1.54, 1.807) is 6.08 Å². The topological polar surface area (TPSA) is 35.5 Å². The summed E-state index contributed by atoms with van der Waals surface area (Å²) in [5, 5.41) is 0. The van der Waals surface area contributed by atoms with E-state index in [2.05, 4.69) is 52.6 Å². The second kappa shape index (κ2) is 12.2. The van der Waals surface area contributed by atoms with Crippen LogP contribution in [0.5, 0.6) is 5.75 Å². The van der Waals surface area contributed by atoms with Gasteiger partial charge < -0.3 is 9.16 Å². The minimum absolute atomic E-state index is 0.0668. The Morgan fingerprint density at radius 3 is 2.44 bits per heavy atom. The molecule has 0 amide bonds. The van der Waals surface area contributed by atoms with E-state index in [1.165, 1.54) is 11.1 Å². The highest BCUT2D eigenvalue weighted by atomic mass is 28.4. The Morgan fingerprint density at radius 2 is 1.78 bits per heavy atom. The quantitative estimate of drug-likeness (QED) is 0.142. The first kappa shape index (κ1) is 26.1. The monoisotopic (exact) mass is 452 g/mol. The number of hydrogen-bond acceptors (Lipinski definition) is 3. The summed E-state index contributed by atoms with van der Waals surface area (Å²) in [7, 11) is -1.88. The highest BCUT2D eigenvalue weighted by molar-refractivity contribution is 6.70. The van der Waals surface area contributed by atoms with Crippen LogP contribution in [0, 0.1) is 0 Å². The van der Waals surface area contributed by atoms with Gasteiger partial charge in [-0.05, 0) is 96.8 Å². The number of hydrogen-bond donors (Lipinski definition) is 0. The third kappa shape index (κ3) is 8.76. The third-order valence-corrected chi connectivity index (χ3v) is 6.27. The van der Waals surface area contributed by atoms with Gasteiger partial charge in [0.25, 0.3) is 0 Å². The summed E-state index contributed by atoms with van der Waals surface area (Å²) in [6.07, 6.45) is 14.7. The standard InChI is InChI=1S/C28H40O3Si/c1-23(2)13-12-14-24(3)17-18-26-27(29)19-21-28(26,31-32(4,5)6)20-10-11-22-30-25-15-8-7-9-16-25/h7-9,13,15-19,21H,10-12,14,20,22H2,1-6H3/b24-17+,26-18+. The Morgan fingerprint density at radius 1 is 1.06 bits per heavy atom. The van der Waals surface area contributed by atoms with Crippen LogP contribution < -0.4 is 4.74 Å². The van der Waals surface area contributed by atoms with Crippen molar-refractivity contribution < 1.29 is 14.0 Å². The number of para-hydroxylation sites is 1. The Balaban J connectivity index is 2.08. The van der Waals surface area contributed by atoms with Crippen molar-refractivity contribution in [1.82, 2.24) is 0 Å². The minimum Gasteiger partial charge on any atom is -0.494 e. The number of ether oxygens (including phenoxy) is 1. The van der Waals surface area contributed by atoms with Gasteiger partial charge in [-0.1, -0.05) is 47.6 Å². The molecule has 3 nitrogen and oxygen atoms in total. The predicted octanol–water partition coefficient (Wildman–Crippen LogP) is 7.58. The maximum absolute atomic E-state index is 12.8. The zero-order chi connectivity index (χ0) is 23.6. The SMILES string of the molecule is CC(C)=CCC/C(C)=C/C=C1\C(=O)C=CC1(CCCCOc1ccccc1)O[Si](C)(C)C. The molecule has 32 heavy (non-hydrogen) atoms. The molecule has 0 N–H and O–H groups in total. The fourth-order valence-corrected chi connectivity index (χ4v) is 5.19. The Bertz CT molecular complexity index is 868. The second-order valence-corrected chi connectivity index (χ2v) is 14.3. The molecule has 0 fully saturated rings. The normalized spacial score (nSPS) is 20.1. The van der Waals surface area contributed by atoms with Gasteiger partial charge in [-0.25, -0.2) is 0 Å². The largest absolute Gasteiger partial charge is 0.494 e. The lowest BCUT2D eigenvalue weighted by Crippen LogP contribution is -2.42. The fraction of sp³-hybridized carbons (Fsp3) is 0.464. The van der Waals surface area contributed by atoms with Crippen LogP contribution in [-0.4, -0.2) is 26.3 Å².